The molecule has 1 saturated carbocycles. The van der Waals surface area contributed by atoms with Crippen LogP contribution in [0.1, 0.15) is 30.9 Å². The van der Waals surface area contributed by atoms with Gasteiger partial charge in [-0.15, -0.1) is 0 Å². The first-order valence-electron chi connectivity index (χ1n) is 9.40. The fourth-order valence-corrected chi connectivity index (χ4v) is 4.47. The van der Waals surface area contributed by atoms with Crippen molar-refractivity contribution >= 4 is 15.8 Å². The standard InChI is InChI=1S/C19H28F3N3O3S/c1-4-23-17(25-11-18(7-8-18)13-29(3,26)27)24-10-15-6-5-14(2)9-16(15)28-12-19(20,21)22/h5-6,9H,4,7-8,10-13H2,1-3H3,(H2,23,24,25). The van der Waals surface area contributed by atoms with E-state index in [4.69, 9.17) is 4.74 Å². The van der Waals surface area contributed by atoms with Gasteiger partial charge in [0.25, 0.3) is 0 Å². The van der Waals surface area contributed by atoms with Gasteiger partial charge in [0.15, 0.2) is 12.6 Å². The molecule has 1 aliphatic carbocycles. The maximum absolute atomic E-state index is 12.5. The average molecular weight is 436 g/mol. The lowest BCUT2D eigenvalue weighted by atomic mass is 10.1. The second-order valence-electron chi connectivity index (χ2n) is 7.63. The first kappa shape index (κ1) is 23.3. The Morgan fingerprint density at radius 1 is 1.28 bits per heavy atom. The van der Waals surface area contributed by atoms with Crippen molar-refractivity contribution in [3.05, 3.63) is 29.3 Å². The number of alkyl halides is 3. The third-order valence-electron chi connectivity index (χ3n) is 4.52. The van der Waals surface area contributed by atoms with E-state index in [1.54, 1.807) is 25.1 Å². The minimum atomic E-state index is -4.42. The molecule has 1 aliphatic rings. The van der Waals surface area contributed by atoms with Crippen molar-refractivity contribution in [2.24, 2.45) is 10.4 Å². The summed E-state index contributed by atoms with van der Waals surface area (Å²) < 4.78 is 65.7. The predicted molar refractivity (Wildman–Crippen MR) is 107 cm³/mol. The Morgan fingerprint density at radius 2 is 1.97 bits per heavy atom. The van der Waals surface area contributed by atoms with Crippen LogP contribution in [-0.4, -0.2) is 52.3 Å². The molecule has 0 aromatic heterocycles. The van der Waals surface area contributed by atoms with Gasteiger partial charge in [-0.25, -0.2) is 13.4 Å². The second kappa shape index (κ2) is 9.23. The molecular formula is C19H28F3N3O3S. The van der Waals surface area contributed by atoms with E-state index < -0.39 is 22.6 Å². The quantitative estimate of drug-likeness (QED) is 0.461. The Bertz CT molecular complexity index is 835. The molecule has 1 fully saturated rings. The highest BCUT2D eigenvalue weighted by atomic mass is 32.2. The number of benzene rings is 1. The lowest BCUT2D eigenvalue weighted by Gasteiger charge is -2.18. The second-order valence-corrected chi connectivity index (χ2v) is 9.77. The summed E-state index contributed by atoms with van der Waals surface area (Å²) in [5.41, 5.74) is 1.06. The van der Waals surface area contributed by atoms with E-state index in [2.05, 4.69) is 15.6 Å². The van der Waals surface area contributed by atoms with Gasteiger partial charge >= 0.3 is 6.18 Å². The molecular weight excluding hydrogens is 407 g/mol. The Kier molecular flexibility index (Phi) is 7.42. The van der Waals surface area contributed by atoms with Gasteiger partial charge in [0.2, 0.25) is 0 Å². The highest BCUT2D eigenvalue weighted by Gasteiger charge is 2.45. The monoisotopic (exact) mass is 435 g/mol. The number of aryl methyl sites for hydroxylation is 1. The van der Waals surface area contributed by atoms with E-state index in [-0.39, 0.29) is 23.5 Å². The Balaban J connectivity index is 2.06. The number of halogens is 3. The fourth-order valence-electron chi connectivity index (χ4n) is 2.97. The summed E-state index contributed by atoms with van der Waals surface area (Å²) in [7, 11) is -3.07. The van der Waals surface area contributed by atoms with Crippen LogP contribution in [0.25, 0.3) is 0 Å². The zero-order valence-electron chi connectivity index (χ0n) is 16.9. The highest BCUT2D eigenvalue weighted by molar-refractivity contribution is 7.90. The van der Waals surface area contributed by atoms with Crippen LogP contribution in [-0.2, 0) is 16.4 Å². The average Bonchev–Trinajstić information content (AvgIpc) is 3.33. The fraction of sp³-hybridized carbons (Fsp3) is 0.632. The van der Waals surface area contributed by atoms with Gasteiger partial charge < -0.3 is 15.4 Å². The Hall–Kier alpha value is -1.97. The molecule has 0 amide bonds. The van der Waals surface area contributed by atoms with Crippen LogP contribution in [0.3, 0.4) is 0 Å². The van der Waals surface area contributed by atoms with Crippen molar-refractivity contribution in [2.75, 3.05) is 31.7 Å². The number of rotatable bonds is 9. The molecule has 29 heavy (non-hydrogen) atoms. The smallest absolute Gasteiger partial charge is 0.422 e. The van der Waals surface area contributed by atoms with E-state index in [9.17, 15) is 21.6 Å². The molecule has 2 N–H and O–H groups in total. The van der Waals surface area contributed by atoms with Gasteiger partial charge in [0, 0.05) is 30.3 Å². The molecule has 164 valence electrons. The summed E-state index contributed by atoms with van der Waals surface area (Å²) >= 11 is 0. The largest absolute Gasteiger partial charge is 0.484 e. The van der Waals surface area contributed by atoms with E-state index in [0.717, 1.165) is 18.4 Å². The van der Waals surface area contributed by atoms with Crippen molar-refractivity contribution in [3.8, 4) is 5.75 Å². The lowest BCUT2D eigenvalue weighted by Crippen LogP contribution is -2.41. The number of sulfone groups is 1. The molecule has 1 aromatic rings. The SMILES string of the molecule is CCNC(=NCc1ccc(C)cc1OCC(F)(F)F)NCC1(CS(C)(=O)=O)CC1. The highest BCUT2D eigenvalue weighted by Crippen LogP contribution is 2.46. The molecule has 2 rings (SSSR count). The number of aliphatic imine (C=N–C) groups is 1. The van der Waals surface area contributed by atoms with Crippen LogP contribution in [0.2, 0.25) is 0 Å². The third kappa shape index (κ3) is 8.51. The molecule has 1 aromatic carbocycles. The molecule has 0 radical (unpaired) electrons. The van der Waals surface area contributed by atoms with Crippen molar-refractivity contribution in [2.45, 2.75) is 39.4 Å². The summed E-state index contributed by atoms with van der Waals surface area (Å²) in [6, 6.07) is 5.04. The lowest BCUT2D eigenvalue weighted by molar-refractivity contribution is -0.153. The van der Waals surface area contributed by atoms with E-state index in [0.29, 0.717) is 24.6 Å². The van der Waals surface area contributed by atoms with Crippen LogP contribution < -0.4 is 15.4 Å². The molecule has 0 aliphatic heterocycles. The molecule has 0 unspecified atom stereocenters. The number of hydrogen-bond donors (Lipinski definition) is 2. The van der Waals surface area contributed by atoms with Crippen molar-refractivity contribution in [1.82, 2.24) is 10.6 Å². The first-order chi connectivity index (χ1) is 13.4. The topological polar surface area (TPSA) is 79.8 Å². The van der Waals surface area contributed by atoms with Crippen LogP contribution in [0.4, 0.5) is 13.2 Å². The molecule has 0 spiro atoms. The number of hydrogen-bond acceptors (Lipinski definition) is 4. The minimum absolute atomic E-state index is 0.125. The van der Waals surface area contributed by atoms with Crippen LogP contribution in [0.15, 0.2) is 23.2 Å². The molecule has 6 nitrogen and oxygen atoms in total. The molecule has 0 saturated heterocycles. The van der Waals surface area contributed by atoms with E-state index in [1.807, 2.05) is 6.92 Å². The normalized spacial score (nSPS) is 16.4. The van der Waals surface area contributed by atoms with Gasteiger partial charge in [0.1, 0.15) is 15.6 Å². The van der Waals surface area contributed by atoms with Crippen molar-refractivity contribution < 1.29 is 26.3 Å². The third-order valence-corrected chi connectivity index (χ3v) is 5.66. The number of guanidine groups is 1. The summed E-state index contributed by atoms with van der Waals surface area (Å²) in [6.45, 7) is 3.50. The summed E-state index contributed by atoms with van der Waals surface area (Å²) in [5.74, 6) is 0.757. The number of nitrogens with zero attached hydrogens (tertiary/aromatic N) is 1. The van der Waals surface area contributed by atoms with Crippen LogP contribution in [0, 0.1) is 12.3 Å². The van der Waals surface area contributed by atoms with Gasteiger partial charge in [-0.1, -0.05) is 12.1 Å². The van der Waals surface area contributed by atoms with Crippen molar-refractivity contribution in [3.63, 3.8) is 0 Å². The van der Waals surface area contributed by atoms with E-state index >= 15 is 0 Å². The van der Waals surface area contributed by atoms with E-state index in [1.165, 1.54) is 6.26 Å². The van der Waals surface area contributed by atoms with Crippen LogP contribution in [0.5, 0.6) is 5.75 Å². The zero-order valence-corrected chi connectivity index (χ0v) is 17.7. The van der Waals surface area contributed by atoms with Crippen molar-refractivity contribution in [1.29, 1.82) is 0 Å². The van der Waals surface area contributed by atoms with Gasteiger partial charge in [-0.2, -0.15) is 13.2 Å². The summed E-state index contributed by atoms with van der Waals surface area (Å²) in [6.07, 6.45) is -1.52. The summed E-state index contributed by atoms with van der Waals surface area (Å²) in [4.78, 5) is 4.43. The van der Waals surface area contributed by atoms with Gasteiger partial charge in [-0.05, 0) is 38.3 Å². The Labute approximate surface area is 169 Å². The molecule has 0 atom stereocenters. The maximum Gasteiger partial charge on any atom is 0.422 e. The molecule has 0 bridgehead atoms. The number of nitrogens with one attached hydrogen (secondary N) is 2. The predicted octanol–water partition coefficient (Wildman–Crippen LogP) is 2.82. The van der Waals surface area contributed by atoms with Crippen LogP contribution >= 0.6 is 0 Å². The molecule has 10 heteroatoms. The summed E-state index contributed by atoms with van der Waals surface area (Å²) in [5, 5.41) is 6.23. The van der Waals surface area contributed by atoms with Gasteiger partial charge in [0.05, 0.1) is 12.3 Å². The first-order valence-corrected chi connectivity index (χ1v) is 11.5. The number of ether oxygens (including phenoxy) is 1. The molecule has 0 heterocycles. The van der Waals surface area contributed by atoms with Gasteiger partial charge in [-0.3, -0.25) is 0 Å². The minimum Gasteiger partial charge on any atom is -0.484 e. The Morgan fingerprint density at radius 3 is 2.52 bits per heavy atom. The maximum atomic E-state index is 12.5. The zero-order chi connectivity index (χ0) is 21.7.